The lowest BCUT2D eigenvalue weighted by atomic mass is 9.64. The van der Waals surface area contributed by atoms with Gasteiger partial charge in [-0.25, -0.2) is 0 Å². The number of cyclic esters (lactones) is 1. The molecule has 2 aromatic carbocycles. The molecule has 23 heavy (non-hydrogen) atoms. The Kier molecular flexibility index (Phi) is 3.68. The summed E-state index contributed by atoms with van der Waals surface area (Å²) < 4.78 is 5.48. The van der Waals surface area contributed by atoms with Crippen LogP contribution in [0.15, 0.2) is 54.6 Å². The van der Waals surface area contributed by atoms with Crippen LogP contribution in [0.1, 0.15) is 31.2 Å². The number of esters is 1. The molecule has 2 unspecified atom stereocenters. The van der Waals surface area contributed by atoms with Crippen LogP contribution in [0.2, 0.25) is 0 Å². The molecule has 0 aromatic heterocycles. The van der Waals surface area contributed by atoms with Crippen LogP contribution in [0.4, 0.5) is 0 Å². The van der Waals surface area contributed by atoms with Gasteiger partial charge in [-0.15, -0.1) is 0 Å². The van der Waals surface area contributed by atoms with Crippen molar-refractivity contribution in [3.63, 3.8) is 0 Å². The maximum absolute atomic E-state index is 12.6. The number of hydrogen-bond acceptors (Lipinski definition) is 2. The van der Waals surface area contributed by atoms with Gasteiger partial charge in [0.15, 0.2) is 0 Å². The van der Waals surface area contributed by atoms with E-state index in [2.05, 4.69) is 48.5 Å². The smallest absolute Gasteiger partial charge is 0.312 e. The van der Waals surface area contributed by atoms with E-state index in [1.165, 1.54) is 23.1 Å². The topological polar surface area (TPSA) is 26.3 Å². The number of rotatable bonds is 3. The monoisotopic (exact) mass is 306 g/mol. The lowest BCUT2D eigenvalue weighted by Crippen LogP contribution is -2.38. The van der Waals surface area contributed by atoms with E-state index in [9.17, 15) is 4.79 Å². The minimum absolute atomic E-state index is 0.0325. The zero-order chi connectivity index (χ0) is 15.7. The van der Waals surface area contributed by atoms with Crippen LogP contribution >= 0.6 is 0 Å². The Morgan fingerprint density at radius 1 is 1.00 bits per heavy atom. The molecule has 0 bridgehead atoms. The first-order valence-electron chi connectivity index (χ1n) is 8.60. The molecular weight excluding hydrogens is 284 g/mol. The van der Waals surface area contributed by atoms with Crippen molar-refractivity contribution in [1.82, 2.24) is 0 Å². The van der Waals surface area contributed by atoms with Crippen molar-refractivity contribution >= 4 is 5.97 Å². The van der Waals surface area contributed by atoms with Gasteiger partial charge < -0.3 is 4.74 Å². The van der Waals surface area contributed by atoms with E-state index >= 15 is 0 Å². The number of benzene rings is 2. The molecule has 1 heterocycles. The predicted octanol–water partition coefficient (Wildman–Crippen LogP) is 4.63. The Morgan fingerprint density at radius 2 is 1.78 bits per heavy atom. The summed E-state index contributed by atoms with van der Waals surface area (Å²) in [5.41, 5.74) is 3.44. The van der Waals surface area contributed by atoms with E-state index < -0.39 is 0 Å². The Hall–Kier alpha value is -2.09. The van der Waals surface area contributed by atoms with Gasteiger partial charge in [0.05, 0.1) is 12.0 Å². The summed E-state index contributed by atoms with van der Waals surface area (Å²) in [6.45, 7) is 0.617. The van der Waals surface area contributed by atoms with Crippen molar-refractivity contribution in [2.24, 2.45) is 11.3 Å². The molecule has 2 aromatic rings. The second kappa shape index (κ2) is 5.84. The third kappa shape index (κ3) is 2.46. The third-order valence-corrected chi connectivity index (χ3v) is 5.64. The molecule has 2 fully saturated rings. The highest BCUT2D eigenvalue weighted by molar-refractivity contribution is 5.80. The van der Waals surface area contributed by atoms with E-state index in [0.717, 1.165) is 25.7 Å². The van der Waals surface area contributed by atoms with Crippen molar-refractivity contribution < 1.29 is 9.53 Å². The fraction of sp³-hybridized carbons (Fsp3) is 0.381. The average molecular weight is 306 g/mol. The van der Waals surface area contributed by atoms with Crippen LogP contribution < -0.4 is 0 Å². The van der Waals surface area contributed by atoms with Gasteiger partial charge in [0.1, 0.15) is 0 Å². The highest BCUT2D eigenvalue weighted by atomic mass is 16.5. The first-order chi connectivity index (χ1) is 11.3. The molecule has 0 spiro atoms. The highest BCUT2D eigenvalue weighted by Gasteiger charge is 2.53. The maximum Gasteiger partial charge on any atom is 0.312 e. The number of fused-ring (bicyclic) bond motifs is 1. The Balaban J connectivity index is 1.73. The molecule has 0 radical (unpaired) electrons. The van der Waals surface area contributed by atoms with Crippen LogP contribution in [-0.2, 0) is 16.0 Å². The van der Waals surface area contributed by atoms with Gasteiger partial charge >= 0.3 is 5.97 Å². The number of carbonyl (C=O) groups excluding carboxylic acids is 1. The first kappa shape index (κ1) is 14.5. The second-order valence-electron chi connectivity index (χ2n) is 6.90. The summed E-state index contributed by atoms with van der Waals surface area (Å²) in [6, 6.07) is 19.0. The van der Waals surface area contributed by atoms with Gasteiger partial charge in [-0.05, 0) is 36.0 Å². The van der Waals surface area contributed by atoms with E-state index in [-0.39, 0.29) is 11.4 Å². The first-order valence-corrected chi connectivity index (χ1v) is 8.60. The van der Waals surface area contributed by atoms with E-state index in [1.54, 1.807) is 0 Å². The molecule has 4 rings (SSSR count). The molecular formula is C21H22O2. The van der Waals surface area contributed by atoms with Crippen molar-refractivity contribution in [1.29, 1.82) is 0 Å². The molecule has 2 heteroatoms. The Labute approximate surface area is 137 Å². The normalized spacial score (nSPS) is 26.6. The SMILES string of the molecule is O=C1OCC2CCCCC12Cc1ccccc1-c1ccccc1. The van der Waals surface area contributed by atoms with Crippen LogP contribution in [0, 0.1) is 11.3 Å². The minimum Gasteiger partial charge on any atom is -0.465 e. The third-order valence-electron chi connectivity index (χ3n) is 5.64. The lowest BCUT2D eigenvalue weighted by molar-refractivity contribution is -0.147. The molecule has 1 aliphatic carbocycles. The summed E-state index contributed by atoms with van der Waals surface area (Å²) >= 11 is 0. The van der Waals surface area contributed by atoms with Gasteiger partial charge in [-0.3, -0.25) is 4.79 Å². The van der Waals surface area contributed by atoms with Gasteiger partial charge in [-0.2, -0.15) is 0 Å². The Bertz CT molecular complexity index is 707. The molecule has 2 aliphatic rings. The molecule has 1 saturated carbocycles. The van der Waals surface area contributed by atoms with Gasteiger partial charge in [-0.1, -0.05) is 67.4 Å². The number of ether oxygens (including phenoxy) is 1. The van der Waals surface area contributed by atoms with Crippen LogP contribution in [0.25, 0.3) is 11.1 Å². The van der Waals surface area contributed by atoms with Crippen molar-refractivity contribution in [3.05, 3.63) is 60.2 Å². The van der Waals surface area contributed by atoms with E-state index in [4.69, 9.17) is 4.74 Å². The fourth-order valence-corrected chi connectivity index (χ4v) is 4.36. The fourth-order valence-electron chi connectivity index (χ4n) is 4.36. The quantitative estimate of drug-likeness (QED) is 0.773. The molecule has 0 N–H and O–H groups in total. The van der Waals surface area contributed by atoms with Gasteiger partial charge in [0, 0.05) is 5.92 Å². The molecule has 0 amide bonds. The summed E-state index contributed by atoms with van der Waals surface area (Å²) in [7, 11) is 0. The van der Waals surface area contributed by atoms with Crippen molar-refractivity contribution in [2.75, 3.05) is 6.61 Å². The van der Waals surface area contributed by atoms with E-state index in [0.29, 0.717) is 12.5 Å². The summed E-state index contributed by atoms with van der Waals surface area (Å²) in [5.74, 6) is 0.428. The lowest BCUT2D eigenvalue weighted by Gasteiger charge is -2.35. The van der Waals surface area contributed by atoms with E-state index in [1.807, 2.05) is 6.07 Å². The van der Waals surface area contributed by atoms with Crippen molar-refractivity contribution in [2.45, 2.75) is 32.1 Å². The zero-order valence-corrected chi connectivity index (χ0v) is 13.3. The highest BCUT2D eigenvalue weighted by Crippen LogP contribution is 2.49. The molecule has 1 aliphatic heterocycles. The molecule has 118 valence electrons. The number of hydrogen-bond donors (Lipinski definition) is 0. The number of carbonyl (C=O) groups is 1. The Morgan fingerprint density at radius 3 is 2.65 bits per heavy atom. The van der Waals surface area contributed by atoms with Crippen LogP contribution in [0.3, 0.4) is 0 Å². The maximum atomic E-state index is 12.6. The molecule has 2 atom stereocenters. The van der Waals surface area contributed by atoms with Crippen LogP contribution in [-0.4, -0.2) is 12.6 Å². The minimum atomic E-state index is -0.289. The average Bonchev–Trinajstić information content (AvgIpc) is 2.93. The van der Waals surface area contributed by atoms with Gasteiger partial charge in [0.25, 0.3) is 0 Å². The second-order valence-corrected chi connectivity index (χ2v) is 6.90. The van der Waals surface area contributed by atoms with Crippen LogP contribution in [0.5, 0.6) is 0 Å². The standard InChI is InChI=1S/C21H22O2/c22-20-21(13-7-6-11-18(21)15-23-20)14-17-10-4-5-12-19(17)16-8-2-1-3-9-16/h1-5,8-10,12,18H,6-7,11,13-15H2. The molecule has 1 saturated heterocycles. The summed E-state index contributed by atoms with van der Waals surface area (Å²) in [6.07, 6.45) is 5.27. The molecule has 2 nitrogen and oxygen atoms in total. The predicted molar refractivity (Wildman–Crippen MR) is 90.9 cm³/mol. The summed E-state index contributed by atoms with van der Waals surface area (Å²) in [5, 5.41) is 0. The largest absolute Gasteiger partial charge is 0.465 e. The summed E-state index contributed by atoms with van der Waals surface area (Å²) in [4.78, 5) is 12.6. The zero-order valence-electron chi connectivity index (χ0n) is 13.3. The van der Waals surface area contributed by atoms with Crippen molar-refractivity contribution in [3.8, 4) is 11.1 Å². The van der Waals surface area contributed by atoms with Gasteiger partial charge in [0.2, 0.25) is 0 Å².